The second-order valence-corrected chi connectivity index (χ2v) is 8.08. The quantitative estimate of drug-likeness (QED) is 0.505. The molecule has 0 spiro atoms. The van der Waals surface area contributed by atoms with Crippen LogP contribution < -0.4 is 19.5 Å². The monoisotopic (exact) mass is 438 g/mol. The van der Waals surface area contributed by atoms with E-state index in [2.05, 4.69) is 24.1 Å². The first kappa shape index (κ1) is 23.2. The Morgan fingerprint density at radius 2 is 1.72 bits per heavy atom. The predicted molar refractivity (Wildman–Crippen MR) is 122 cm³/mol. The molecule has 2 aromatic carbocycles. The molecular weight excluding hydrogens is 408 g/mol. The van der Waals surface area contributed by atoms with Crippen molar-refractivity contribution in [3.05, 3.63) is 60.1 Å². The summed E-state index contributed by atoms with van der Waals surface area (Å²) >= 11 is 0. The Bertz CT molecular complexity index is 1040. The minimum Gasteiger partial charge on any atom is -0.497 e. The lowest BCUT2D eigenvalue weighted by Gasteiger charge is -2.26. The van der Waals surface area contributed by atoms with Crippen molar-refractivity contribution in [1.82, 2.24) is 10.3 Å². The van der Waals surface area contributed by atoms with E-state index in [1.54, 1.807) is 27.5 Å². The number of nitrogens with one attached hydrogen (secondary N) is 1. The van der Waals surface area contributed by atoms with Gasteiger partial charge in [0, 0.05) is 30.4 Å². The number of oxazole rings is 1. The number of rotatable bonds is 10. The van der Waals surface area contributed by atoms with Gasteiger partial charge in [0.2, 0.25) is 5.91 Å². The van der Waals surface area contributed by atoms with Gasteiger partial charge in [-0.15, -0.1) is 0 Å². The Balaban J connectivity index is 1.53. The molecule has 0 aliphatic rings. The van der Waals surface area contributed by atoms with Gasteiger partial charge in [0.1, 0.15) is 5.75 Å². The van der Waals surface area contributed by atoms with Crippen molar-refractivity contribution in [1.29, 1.82) is 0 Å². The van der Waals surface area contributed by atoms with Crippen LogP contribution in [0.4, 0.5) is 0 Å². The molecule has 0 aliphatic carbocycles. The average molecular weight is 439 g/mol. The Labute approximate surface area is 188 Å². The summed E-state index contributed by atoms with van der Waals surface area (Å²) in [6.07, 6.45) is 2.40. The predicted octanol–water partition coefficient (Wildman–Crippen LogP) is 4.39. The maximum Gasteiger partial charge on any atom is 0.220 e. The van der Waals surface area contributed by atoms with Crippen LogP contribution >= 0.6 is 0 Å². The Morgan fingerprint density at radius 1 is 1.00 bits per heavy atom. The number of hydrogen-bond donors (Lipinski definition) is 1. The van der Waals surface area contributed by atoms with E-state index in [-0.39, 0.29) is 11.3 Å². The van der Waals surface area contributed by atoms with Gasteiger partial charge in [-0.05, 0) is 42.0 Å². The van der Waals surface area contributed by atoms with Crippen molar-refractivity contribution in [2.75, 3.05) is 27.9 Å². The average Bonchev–Trinajstić information content (AvgIpc) is 3.30. The number of amides is 1. The van der Waals surface area contributed by atoms with Crippen LogP contribution in [-0.2, 0) is 16.6 Å². The highest BCUT2D eigenvalue weighted by Crippen LogP contribution is 2.33. The van der Waals surface area contributed by atoms with Gasteiger partial charge in [-0.2, -0.15) is 0 Å². The van der Waals surface area contributed by atoms with E-state index in [1.165, 1.54) is 0 Å². The molecule has 1 amide bonds. The molecule has 0 unspecified atom stereocenters. The SMILES string of the molecule is COc1ccc(-c2cnc(CCC(=O)NCC(C)(C)c3ccc(OC)c(OC)c3)o2)cc1. The molecule has 3 aromatic rings. The number of aryl methyl sites for hydroxylation is 1. The van der Waals surface area contributed by atoms with Crippen molar-refractivity contribution < 1.29 is 23.4 Å². The lowest BCUT2D eigenvalue weighted by atomic mass is 9.84. The minimum atomic E-state index is -0.278. The first-order valence-electron chi connectivity index (χ1n) is 10.4. The molecule has 1 aromatic heterocycles. The van der Waals surface area contributed by atoms with Crippen LogP contribution in [0.25, 0.3) is 11.3 Å². The van der Waals surface area contributed by atoms with Crippen LogP contribution in [-0.4, -0.2) is 38.8 Å². The molecular formula is C25H30N2O5. The third-order valence-electron chi connectivity index (χ3n) is 5.39. The largest absolute Gasteiger partial charge is 0.497 e. The third kappa shape index (κ3) is 5.60. The smallest absolute Gasteiger partial charge is 0.220 e. The van der Waals surface area contributed by atoms with E-state index in [0.717, 1.165) is 16.9 Å². The summed E-state index contributed by atoms with van der Waals surface area (Å²) in [5.41, 5.74) is 1.68. The topological polar surface area (TPSA) is 82.8 Å². The first-order valence-corrected chi connectivity index (χ1v) is 10.4. The minimum absolute atomic E-state index is 0.0530. The number of aromatic nitrogens is 1. The lowest BCUT2D eigenvalue weighted by Crippen LogP contribution is -2.36. The van der Waals surface area contributed by atoms with E-state index in [4.69, 9.17) is 18.6 Å². The first-order chi connectivity index (χ1) is 15.4. The number of methoxy groups -OCH3 is 3. The van der Waals surface area contributed by atoms with Gasteiger partial charge in [-0.1, -0.05) is 19.9 Å². The zero-order valence-corrected chi connectivity index (χ0v) is 19.2. The molecule has 1 N–H and O–H groups in total. The van der Waals surface area contributed by atoms with Crippen LogP contribution in [0.5, 0.6) is 17.2 Å². The summed E-state index contributed by atoms with van der Waals surface area (Å²) in [6, 6.07) is 13.4. The second-order valence-electron chi connectivity index (χ2n) is 8.08. The molecule has 170 valence electrons. The van der Waals surface area contributed by atoms with E-state index in [9.17, 15) is 4.79 Å². The zero-order chi connectivity index (χ0) is 23.1. The maximum atomic E-state index is 12.4. The summed E-state index contributed by atoms with van der Waals surface area (Å²) < 4.78 is 21.7. The lowest BCUT2D eigenvalue weighted by molar-refractivity contribution is -0.121. The third-order valence-corrected chi connectivity index (χ3v) is 5.39. The van der Waals surface area contributed by atoms with E-state index in [0.29, 0.717) is 42.5 Å². The van der Waals surface area contributed by atoms with Gasteiger partial charge in [-0.25, -0.2) is 4.98 Å². The molecule has 0 radical (unpaired) electrons. The number of ether oxygens (including phenoxy) is 3. The molecule has 32 heavy (non-hydrogen) atoms. The highest BCUT2D eigenvalue weighted by molar-refractivity contribution is 5.76. The van der Waals surface area contributed by atoms with E-state index in [1.807, 2.05) is 42.5 Å². The number of nitrogens with zero attached hydrogens (tertiary/aromatic N) is 1. The highest BCUT2D eigenvalue weighted by atomic mass is 16.5. The summed E-state index contributed by atoms with van der Waals surface area (Å²) in [4.78, 5) is 16.7. The van der Waals surface area contributed by atoms with Crippen molar-refractivity contribution in [3.63, 3.8) is 0 Å². The summed E-state index contributed by atoms with van der Waals surface area (Å²) in [7, 11) is 4.84. The fourth-order valence-corrected chi connectivity index (χ4v) is 3.30. The molecule has 0 saturated heterocycles. The zero-order valence-electron chi connectivity index (χ0n) is 19.2. The van der Waals surface area contributed by atoms with Gasteiger partial charge < -0.3 is 23.9 Å². The summed E-state index contributed by atoms with van der Waals surface area (Å²) in [5, 5.41) is 3.01. The summed E-state index contributed by atoms with van der Waals surface area (Å²) in [6.45, 7) is 4.64. The fraction of sp³-hybridized carbons (Fsp3) is 0.360. The van der Waals surface area contributed by atoms with Crippen LogP contribution in [0, 0.1) is 0 Å². The Kier molecular flexibility index (Phi) is 7.41. The van der Waals surface area contributed by atoms with Gasteiger partial charge >= 0.3 is 0 Å². The van der Waals surface area contributed by atoms with Gasteiger partial charge in [0.05, 0.1) is 27.5 Å². The van der Waals surface area contributed by atoms with Crippen LogP contribution in [0.3, 0.4) is 0 Å². The van der Waals surface area contributed by atoms with E-state index < -0.39 is 0 Å². The molecule has 0 aliphatic heterocycles. The normalized spacial score (nSPS) is 11.2. The number of benzene rings is 2. The van der Waals surface area contributed by atoms with E-state index >= 15 is 0 Å². The molecule has 0 atom stereocenters. The molecule has 0 saturated carbocycles. The Morgan fingerprint density at radius 3 is 2.38 bits per heavy atom. The molecule has 1 heterocycles. The highest BCUT2D eigenvalue weighted by Gasteiger charge is 2.23. The van der Waals surface area contributed by atoms with Crippen molar-refractivity contribution in [2.45, 2.75) is 32.1 Å². The van der Waals surface area contributed by atoms with Crippen LogP contribution in [0.2, 0.25) is 0 Å². The summed E-state index contributed by atoms with van der Waals surface area (Å²) in [5.74, 6) is 3.27. The Hall–Kier alpha value is -3.48. The van der Waals surface area contributed by atoms with Crippen molar-refractivity contribution in [2.24, 2.45) is 0 Å². The number of carbonyl (C=O) groups excluding carboxylic acids is 1. The maximum absolute atomic E-state index is 12.4. The molecule has 3 rings (SSSR count). The van der Waals surface area contributed by atoms with Gasteiger partial charge in [0.15, 0.2) is 23.1 Å². The molecule has 7 heteroatoms. The second kappa shape index (κ2) is 10.2. The molecule has 7 nitrogen and oxygen atoms in total. The van der Waals surface area contributed by atoms with Crippen LogP contribution in [0.15, 0.2) is 53.1 Å². The standard InChI is InChI=1S/C25H30N2O5/c1-25(2,18-8-11-20(30-4)21(14-18)31-5)16-27-23(28)12-13-24-26-15-22(32-24)17-6-9-19(29-3)10-7-17/h6-11,14-15H,12-13,16H2,1-5H3,(H,27,28). The van der Waals surface area contributed by atoms with Crippen molar-refractivity contribution >= 4 is 5.91 Å². The number of carbonyl (C=O) groups is 1. The van der Waals surface area contributed by atoms with Gasteiger partial charge in [0.25, 0.3) is 0 Å². The molecule has 0 fully saturated rings. The molecule has 0 bridgehead atoms. The van der Waals surface area contributed by atoms with Crippen molar-refractivity contribution in [3.8, 4) is 28.6 Å². The fourth-order valence-electron chi connectivity index (χ4n) is 3.30. The number of hydrogen-bond acceptors (Lipinski definition) is 6. The van der Waals surface area contributed by atoms with Gasteiger partial charge in [-0.3, -0.25) is 4.79 Å². The van der Waals surface area contributed by atoms with Crippen LogP contribution in [0.1, 0.15) is 31.7 Å².